The first-order valence-corrected chi connectivity index (χ1v) is 18.2. The lowest BCUT2D eigenvalue weighted by molar-refractivity contribution is 0.956. The molecular formula is C49H36N6. The Morgan fingerprint density at radius 1 is 0.582 bits per heavy atom. The third-order valence-corrected chi connectivity index (χ3v) is 10.1. The van der Waals surface area contributed by atoms with Gasteiger partial charge in [0.15, 0.2) is 0 Å². The molecule has 0 atom stereocenters. The summed E-state index contributed by atoms with van der Waals surface area (Å²) in [6, 6.07) is 39.5. The first-order chi connectivity index (χ1) is 27.2. The summed E-state index contributed by atoms with van der Waals surface area (Å²) in [6.45, 7) is 14.8. The van der Waals surface area contributed by atoms with Gasteiger partial charge >= 0.3 is 0 Å². The van der Waals surface area contributed by atoms with Crippen molar-refractivity contribution < 1.29 is 0 Å². The van der Waals surface area contributed by atoms with E-state index in [9.17, 15) is 0 Å². The van der Waals surface area contributed by atoms with Crippen LogP contribution in [0.3, 0.4) is 0 Å². The molecule has 6 heteroatoms. The maximum atomic E-state index is 5.21. The van der Waals surface area contributed by atoms with Crippen LogP contribution in [0.1, 0.15) is 23.7 Å². The van der Waals surface area contributed by atoms with Gasteiger partial charge in [-0.1, -0.05) is 147 Å². The summed E-state index contributed by atoms with van der Waals surface area (Å²) in [6.07, 6.45) is 15.3. The summed E-state index contributed by atoms with van der Waals surface area (Å²) in [7, 11) is 0. The maximum Gasteiger partial charge on any atom is 0.235 e. The van der Waals surface area contributed by atoms with Crippen LogP contribution in [-0.4, -0.2) is 29.1 Å². The Morgan fingerprint density at radius 2 is 1.11 bits per heavy atom. The molecule has 9 rings (SSSR count). The molecule has 0 radical (unpaired) electrons. The number of aromatic nitrogens is 6. The Morgan fingerprint density at radius 3 is 1.67 bits per heavy atom. The van der Waals surface area contributed by atoms with E-state index in [1.807, 2.05) is 80.0 Å². The predicted octanol–water partition coefficient (Wildman–Crippen LogP) is 11.9. The fourth-order valence-corrected chi connectivity index (χ4v) is 7.92. The molecule has 1 aliphatic carbocycles. The van der Waals surface area contributed by atoms with E-state index < -0.39 is 0 Å². The molecule has 0 unspecified atom stereocenters. The molecule has 0 spiro atoms. The van der Waals surface area contributed by atoms with Gasteiger partial charge in [-0.15, -0.1) is 0 Å². The number of fused-ring (bicyclic) bond motifs is 9. The first-order valence-electron chi connectivity index (χ1n) is 18.2. The molecule has 55 heavy (non-hydrogen) atoms. The predicted molar refractivity (Wildman–Crippen MR) is 228 cm³/mol. The van der Waals surface area contributed by atoms with Gasteiger partial charge in [-0.2, -0.15) is 0 Å². The second-order valence-corrected chi connectivity index (χ2v) is 13.1. The van der Waals surface area contributed by atoms with E-state index in [-0.39, 0.29) is 0 Å². The second kappa shape index (κ2) is 13.8. The van der Waals surface area contributed by atoms with E-state index in [1.165, 1.54) is 0 Å². The number of hydrogen-bond acceptors (Lipinski definition) is 4. The first kappa shape index (κ1) is 33.4. The fraction of sp³-hybridized carbons (Fsp3) is 0.0204. The van der Waals surface area contributed by atoms with Crippen LogP contribution >= 0.6 is 0 Å². The van der Waals surface area contributed by atoms with Crippen LogP contribution in [-0.2, 0) is 0 Å². The van der Waals surface area contributed by atoms with Crippen molar-refractivity contribution in [1.29, 1.82) is 0 Å². The minimum Gasteiger partial charge on any atom is -0.277 e. The summed E-state index contributed by atoms with van der Waals surface area (Å²) < 4.78 is 4.38. The summed E-state index contributed by atoms with van der Waals surface area (Å²) in [5, 5.41) is 2.11. The minimum absolute atomic E-state index is 0.549. The zero-order valence-corrected chi connectivity index (χ0v) is 30.4. The van der Waals surface area contributed by atoms with Crippen LogP contribution in [0.4, 0.5) is 0 Å². The van der Waals surface area contributed by atoms with Crippen LogP contribution in [0.15, 0.2) is 184 Å². The standard InChI is InChI=1S/C49H36N6/c1-5-18-32(19-6-2)40-28-30-50-48(52-40)54-42-26-16-14-24-38(42)44-34(7-3)35(8-4)45-39-25-15-17-27-43(39)55(47(45)37-23-13-12-22-36(37)46(44)54)49-51-31-29-41(53-49)33-20-10-9-11-21-33/h5-31H,1,3-4H2,2H3/b19-6-,32-18+,35-34-,44-34?,45-35?,46-36?,47-37?. The lowest BCUT2D eigenvalue weighted by Crippen LogP contribution is -2.09. The lowest BCUT2D eigenvalue weighted by Gasteiger charge is -2.22. The van der Waals surface area contributed by atoms with Crippen molar-refractivity contribution in [3.8, 4) is 45.7 Å². The smallest absolute Gasteiger partial charge is 0.235 e. The van der Waals surface area contributed by atoms with Gasteiger partial charge in [0.1, 0.15) is 0 Å². The average Bonchev–Trinajstić information content (AvgIpc) is 3.75. The average molecular weight is 709 g/mol. The number of benzene rings is 4. The molecule has 0 saturated heterocycles. The van der Waals surface area contributed by atoms with Crippen LogP contribution in [0.5, 0.6) is 0 Å². The van der Waals surface area contributed by atoms with Crippen molar-refractivity contribution in [3.63, 3.8) is 0 Å². The summed E-state index contributed by atoms with van der Waals surface area (Å²) in [5.74, 6) is 1.12. The van der Waals surface area contributed by atoms with Gasteiger partial charge in [-0.05, 0) is 47.9 Å². The monoisotopic (exact) mass is 708 g/mol. The van der Waals surface area contributed by atoms with Gasteiger partial charge in [0.25, 0.3) is 0 Å². The highest BCUT2D eigenvalue weighted by atomic mass is 15.2. The quantitative estimate of drug-likeness (QED) is 0.147. The Kier molecular flexibility index (Phi) is 8.41. The zero-order valence-electron chi connectivity index (χ0n) is 30.4. The number of para-hydroxylation sites is 2. The van der Waals surface area contributed by atoms with E-state index in [1.54, 1.807) is 6.08 Å². The van der Waals surface area contributed by atoms with Crippen molar-refractivity contribution in [1.82, 2.24) is 29.1 Å². The molecule has 4 aromatic heterocycles. The van der Waals surface area contributed by atoms with E-state index in [2.05, 4.69) is 114 Å². The van der Waals surface area contributed by atoms with Crippen molar-refractivity contribution >= 4 is 38.5 Å². The van der Waals surface area contributed by atoms with Gasteiger partial charge in [0.2, 0.25) is 11.9 Å². The van der Waals surface area contributed by atoms with Crippen molar-refractivity contribution in [3.05, 3.63) is 201 Å². The van der Waals surface area contributed by atoms with Crippen LogP contribution in [0.2, 0.25) is 0 Å². The molecule has 1 aliphatic rings. The van der Waals surface area contributed by atoms with Crippen molar-refractivity contribution in [2.75, 3.05) is 0 Å². The molecule has 0 fully saturated rings. The SMILES string of the molecule is C=C/C=C(\C=C/C)c1ccnc(-n2c3c(c4ccccc42)/C(C=C)=C(/C=C)c2c(n(-c4nccc(-c5ccccc5)n4)c4ccccc24)-c2ccccc2-3)n1. The summed E-state index contributed by atoms with van der Waals surface area (Å²) >= 11 is 0. The van der Waals surface area contributed by atoms with Gasteiger partial charge in [0, 0.05) is 51.0 Å². The molecule has 0 amide bonds. The molecule has 0 aliphatic heterocycles. The third kappa shape index (κ3) is 5.34. The molecule has 6 nitrogen and oxygen atoms in total. The molecule has 8 aromatic rings. The highest BCUT2D eigenvalue weighted by molar-refractivity contribution is 6.18. The Balaban J connectivity index is 1.44. The molecule has 0 bridgehead atoms. The molecule has 4 aromatic carbocycles. The van der Waals surface area contributed by atoms with Crippen LogP contribution in [0, 0.1) is 0 Å². The van der Waals surface area contributed by atoms with Gasteiger partial charge in [-0.25, -0.2) is 19.9 Å². The Hall–Kier alpha value is -7.44. The van der Waals surface area contributed by atoms with Crippen LogP contribution < -0.4 is 0 Å². The highest BCUT2D eigenvalue weighted by Crippen LogP contribution is 2.52. The van der Waals surface area contributed by atoms with E-state index in [0.717, 1.165) is 89.1 Å². The van der Waals surface area contributed by atoms with Gasteiger partial charge in [-0.3, -0.25) is 9.13 Å². The Bertz CT molecular complexity index is 2930. The number of hydrogen-bond donors (Lipinski definition) is 0. The largest absolute Gasteiger partial charge is 0.277 e. The summed E-state index contributed by atoms with van der Waals surface area (Å²) in [4.78, 5) is 20.3. The van der Waals surface area contributed by atoms with Crippen molar-refractivity contribution in [2.24, 2.45) is 0 Å². The van der Waals surface area contributed by atoms with E-state index >= 15 is 0 Å². The number of rotatable bonds is 8. The molecule has 0 saturated carbocycles. The maximum absolute atomic E-state index is 5.21. The van der Waals surface area contributed by atoms with E-state index in [4.69, 9.17) is 19.9 Å². The van der Waals surface area contributed by atoms with Crippen molar-refractivity contribution in [2.45, 2.75) is 6.92 Å². The topological polar surface area (TPSA) is 61.4 Å². The Labute approximate surface area is 319 Å². The number of nitrogens with zero attached hydrogens (tertiary/aromatic N) is 6. The van der Waals surface area contributed by atoms with Crippen LogP contribution in [0.25, 0.3) is 84.2 Å². The second-order valence-electron chi connectivity index (χ2n) is 13.1. The molecule has 262 valence electrons. The molecular weight excluding hydrogens is 673 g/mol. The summed E-state index contributed by atoms with van der Waals surface area (Å²) in [5.41, 5.74) is 13.4. The minimum atomic E-state index is 0.549. The normalized spacial score (nSPS) is 13.9. The van der Waals surface area contributed by atoms with E-state index in [0.29, 0.717) is 11.9 Å². The van der Waals surface area contributed by atoms with Gasteiger partial charge < -0.3 is 0 Å². The number of allylic oxidation sites excluding steroid dienone is 9. The molecule has 4 heterocycles. The zero-order chi connectivity index (χ0) is 37.5. The van der Waals surface area contributed by atoms with Gasteiger partial charge in [0.05, 0.1) is 33.8 Å². The highest BCUT2D eigenvalue weighted by Gasteiger charge is 2.33. The molecule has 0 N–H and O–H groups in total. The third-order valence-electron chi connectivity index (χ3n) is 10.1. The fourth-order valence-electron chi connectivity index (χ4n) is 7.92. The lowest BCUT2D eigenvalue weighted by atomic mass is 9.84.